The van der Waals surface area contributed by atoms with E-state index in [1.165, 1.54) is 7.05 Å². The minimum Gasteiger partial charge on any atom is -0.341 e. The van der Waals surface area contributed by atoms with Gasteiger partial charge in [-0.3, -0.25) is 15.4 Å². The van der Waals surface area contributed by atoms with Crippen molar-refractivity contribution in [3.05, 3.63) is 34.3 Å². The molecule has 1 aromatic rings. The molecule has 0 aromatic heterocycles. The second-order valence-electron chi connectivity index (χ2n) is 4.20. The Labute approximate surface area is 121 Å². The molecule has 1 unspecified atom stereocenters. The molecular formula is C13H18BrN3O2. The van der Waals surface area contributed by atoms with Crippen molar-refractivity contribution in [3.63, 3.8) is 0 Å². The van der Waals surface area contributed by atoms with E-state index in [2.05, 4.69) is 31.9 Å². The Morgan fingerprint density at radius 3 is 2.42 bits per heavy atom. The number of benzene rings is 1. The molecule has 0 saturated heterocycles. The van der Waals surface area contributed by atoms with E-state index in [1.54, 1.807) is 6.92 Å². The van der Waals surface area contributed by atoms with Gasteiger partial charge in [-0.1, -0.05) is 34.1 Å². The quantitative estimate of drug-likeness (QED) is 0.791. The third-order valence-corrected chi connectivity index (χ3v) is 3.45. The van der Waals surface area contributed by atoms with Crippen LogP contribution < -0.4 is 16.0 Å². The Hall–Kier alpha value is -1.40. The highest BCUT2D eigenvalue weighted by Gasteiger charge is 2.18. The lowest BCUT2D eigenvalue weighted by atomic mass is 10.1. The molecule has 0 radical (unpaired) electrons. The lowest BCUT2D eigenvalue weighted by molar-refractivity contribution is -0.121. The number of hydrogen-bond donors (Lipinski definition) is 3. The van der Waals surface area contributed by atoms with E-state index < -0.39 is 12.1 Å². The summed E-state index contributed by atoms with van der Waals surface area (Å²) in [6.07, 6.45) is 0. The third kappa shape index (κ3) is 4.65. The van der Waals surface area contributed by atoms with Crippen LogP contribution in [0.3, 0.4) is 0 Å². The van der Waals surface area contributed by atoms with Gasteiger partial charge >= 0.3 is 6.03 Å². The molecule has 0 spiro atoms. The number of amides is 3. The Balaban J connectivity index is 2.62. The molecule has 0 saturated carbocycles. The van der Waals surface area contributed by atoms with Gasteiger partial charge in [-0.15, -0.1) is 0 Å². The molecule has 0 bridgehead atoms. The Morgan fingerprint density at radius 2 is 1.84 bits per heavy atom. The molecule has 3 amide bonds. The fraction of sp³-hybridized carbons (Fsp3) is 0.385. The Bertz CT molecular complexity index is 465. The zero-order chi connectivity index (χ0) is 14.4. The largest absolute Gasteiger partial charge is 0.341 e. The average Bonchev–Trinajstić information content (AvgIpc) is 2.38. The van der Waals surface area contributed by atoms with Crippen LogP contribution in [0.1, 0.15) is 25.5 Å². The predicted octanol–water partition coefficient (Wildman–Crippen LogP) is 1.94. The number of urea groups is 1. The fourth-order valence-electron chi connectivity index (χ4n) is 1.65. The minimum absolute atomic E-state index is 0.0130. The monoisotopic (exact) mass is 327 g/mol. The fourth-order valence-corrected chi connectivity index (χ4v) is 2.28. The number of nitrogens with one attached hydrogen (secondary N) is 3. The predicted molar refractivity (Wildman–Crippen MR) is 77.8 cm³/mol. The summed E-state index contributed by atoms with van der Waals surface area (Å²) in [4.78, 5) is 22.8. The van der Waals surface area contributed by atoms with Gasteiger partial charge in [0.2, 0.25) is 5.91 Å². The summed E-state index contributed by atoms with van der Waals surface area (Å²) in [6.45, 7) is 3.68. The summed E-state index contributed by atoms with van der Waals surface area (Å²) in [7, 11) is 1.46. The van der Waals surface area contributed by atoms with Crippen LogP contribution in [-0.4, -0.2) is 25.0 Å². The van der Waals surface area contributed by atoms with Crippen molar-refractivity contribution < 1.29 is 9.59 Å². The van der Waals surface area contributed by atoms with Crippen LogP contribution in [0.15, 0.2) is 28.7 Å². The van der Waals surface area contributed by atoms with E-state index in [4.69, 9.17) is 0 Å². The van der Waals surface area contributed by atoms with E-state index in [1.807, 2.05) is 31.2 Å². The van der Waals surface area contributed by atoms with Crippen molar-refractivity contribution in [3.8, 4) is 0 Å². The van der Waals surface area contributed by atoms with Crippen molar-refractivity contribution >= 4 is 27.9 Å². The first kappa shape index (κ1) is 15.7. The molecule has 2 atom stereocenters. The summed E-state index contributed by atoms with van der Waals surface area (Å²) in [6, 6.07) is 6.80. The molecule has 19 heavy (non-hydrogen) atoms. The van der Waals surface area contributed by atoms with Gasteiger partial charge in [-0.25, -0.2) is 4.79 Å². The number of carbonyl (C=O) groups excluding carboxylic acids is 2. The number of halogens is 1. The number of rotatable bonds is 4. The van der Waals surface area contributed by atoms with Crippen LogP contribution in [-0.2, 0) is 4.79 Å². The lowest BCUT2D eigenvalue weighted by Gasteiger charge is -2.20. The molecule has 0 aliphatic heterocycles. The van der Waals surface area contributed by atoms with Gasteiger partial charge in [-0.05, 0) is 25.5 Å². The molecule has 5 nitrogen and oxygen atoms in total. The summed E-state index contributed by atoms with van der Waals surface area (Å²) in [5.74, 6) is -0.363. The first-order valence-corrected chi connectivity index (χ1v) is 6.78. The maximum absolute atomic E-state index is 11.7. The van der Waals surface area contributed by atoms with Crippen LogP contribution in [0.25, 0.3) is 0 Å². The van der Waals surface area contributed by atoms with Crippen molar-refractivity contribution in [1.29, 1.82) is 0 Å². The van der Waals surface area contributed by atoms with E-state index in [9.17, 15) is 9.59 Å². The molecule has 0 fully saturated rings. The van der Waals surface area contributed by atoms with Crippen molar-refractivity contribution in [2.24, 2.45) is 0 Å². The summed E-state index contributed by atoms with van der Waals surface area (Å²) in [5, 5.41) is 7.72. The number of hydrogen-bond acceptors (Lipinski definition) is 3. The van der Waals surface area contributed by atoms with Gasteiger partial charge in [0.1, 0.15) is 0 Å². The highest BCUT2D eigenvalue weighted by atomic mass is 79.9. The maximum atomic E-state index is 11.7. The first-order chi connectivity index (χ1) is 8.95. The first-order valence-electron chi connectivity index (χ1n) is 5.98. The molecule has 0 aliphatic rings. The molecule has 0 heterocycles. The average molecular weight is 328 g/mol. The van der Waals surface area contributed by atoms with Crippen LogP contribution in [0.4, 0.5) is 4.79 Å². The molecule has 6 heteroatoms. The van der Waals surface area contributed by atoms with Gasteiger partial charge in [0.05, 0.1) is 6.04 Å². The minimum atomic E-state index is -0.507. The van der Waals surface area contributed by atoms with Crippen LogP contribution in [0, 0.1) is 0 Å². The summed E-state index contributed by atoms with van der Waals surface area (Å²) >= 11 is 3.47. The second-order valence-corrected chi connectivity index (χ2v) is 5.05. The summed E-state index contributed by atoms with van der Waals surface area (Å²) in [5.41, 5.74) is 1.06. The highest BCUT2D eigenvalue weighted by molar-refractivity contribution is 9.10. The third-order valence-electron chi connectivity index (χ3n) is 2.73. The van der Waals surface area contributed by atoms with Gasteiger partial charge in [0.15, 0.2) is 0 Å². The molecule has 0 aliphatic carbocycles. The van der Waals surface area contributed by atoms with E-state index in [0.717, 1.165) is 10.0 Å². The van der Waals surface area contributed by atoms with Crippen molar-refractivity contribution in [2.75, 3.05) is 7.05 Å². The molecule has 1 aromatic carbocycles. The molecule has 104 valence electrons. The maximum Gasteiger partial charge on any atom is 0.321 e. The van der Waals surface area contributed by atoms with Gasteiger partial charge in [-0.2, -0.15) is 0 Å². The number of carbonyl (C=O) groups is 2. The van der Waals surface area contributed by atoms with Crippen LogP contribution in [0.2, 0.25) is 0 Å². The SMILES string of the molecule is CNC(=O)NC(=O)C(C)N[C@@H](C)c1ccccc1Br. The van der Waals surface area contributed by atoms with Crippen LogP contribution >= 0.6 is 15.9 Å². The van der Waals surface area contributed by atoms with E-state index in [0.29, 0.717) is 0 Å². The topological polar surface area (TPSA) is 70.2 Å². The van der Waals surface area contributed by atoms with E-state index in [-0.39, 0.29) is 11.9 Å². The van der Waals surface area contributed by atoms with Gasteiger partial charge in [0, 0.05) is 17.6 Å². The Kier molecular flexibility index (Phi) is 5.98. The normalized spacial score (nSPS) is 13.5. The molecular weight excluding hydrogens is 310 g/mol. The van der Waals surface area contributed by atoms with Crippen molar-refractivity contribution in [1.82, 2.24) is 16.0 Å². The van der Waals surface area contributed by atoms with E-state index >= 15 is 0 Å². The molecule has 1 rings (SSSR count). The molecule has 3 N–H and O–H groups in total. The van der Waals surface area contributed by atoms with Gasteiger partial charge in [0.25, 0.3) is 0 Å². The zero-order valence-corrected chi connectivity index (χ0v) is 12.7. The second kappa shape index (κ2) is 7.25. The lowest BCUT2D eigenvalue weighted by Crippen LogP contribution is -2.47. The van der Waals surface area contributed by atoms with Crippen molar-refractivity contribution in [2.45, 2.75) is 25.9 Å². The summed E-state index contributed by atoms with van der Waals surface area (Å²) < 4.78 is 0.980. The zero-order valence-electron chi connectivity index (χ0n) is 11.2. The van der Waals surface area contributed by atoms with Crippen LogP contribution in [0.5, 0.6) is 0 Å². The highest BCUT2D eigenvalue weighted by Crippen LogP contribution is 2.22. The standard InChI is InChI=1S/C13H18BrN3O2/c1-8(10-6-4-5-7-11(10)14)16-9(2)12(18)17-13(19)15-3/h4-9,16H,1-3H3,(H2,15,17,18,19)/t8-,9?/m0/s1. The van der Waals surface area contributed by atoms with Gasteiger partial charge < -0.3 is 5.32 Å². The number of imide groups is 1. The smallest absolute Gasteiger partial charge is 0.321 e. The Morgan fingerprint density at radius 1 is 1.21 bits per heavy atom.